The van der Waals surface area contributed by atoms with Gasteiger partial charge in [0.1, 0.15) is 11.3 Å². The van der Waals surface area contributed by atoms with Crippen LogP contribution in [0.4, 0.5) is 0 Å². The summed E-state index contributed by atoms with van der Waals surface area (Å²) < 4.78 is 0.478. The quantitative estimate of drug-likeness (QED) is 0.606. The topological polar surface area (TPSA) is 57.4 Å². The van der Waals surface area contributed by atoms with Crippen molar-refractivity contribution in [3.63, 3.8) is 0 Å². The molecule has 0 saturated heterocycles. The Kier molecular flexibility index (Phi) is 1.47. The van der Waals surface area contributed by atoms with Gasteiger partial charge in [0.15, 0.2) is 10.4 Å². The molecule has 2 rings (SSSR count). The normalized spacial score (nSPS) is 10.8. The highest BCUT2D eigenvalue weighted by Gasteiger charge is 2.02. The highest BCUT2D eigenvalue weighted by atomic mass is 32.1. The summed E-state index contributed by atoms with van der Waals surface area (Å²) in [6, 6.07) is 0. The number of hydrogen-bond donors (Lipinski definition) is 2. The Labute approximate surface area is 74.1 Å². The smallest absolute Gasteiger partial charge is 0.199 e. The number of fused-ring (bicyclic) bond motifs is 1. The highest BCUT2D eigenvalue weighted by molar-refractivity contribution is 7.71. The van der Waals surface area contributed by atoms with E-state index in [4.69, 9.17) is 12.2 Å². The Hall–Kier alpha value is -1.23. The van der Waals surface area contributed by atoms with Crippen LogP contribution in [0.3, 0.4) is 0 Å². The Balaban J connectivity index is 2.97. The van der Waals surface area contributed by atoms with E-state index >= 15 is 0 Å². The van der Waals surface area contributed by atoms with Crippen molar-refractivity contribution in [2.45, 2.75) is 13.8 Å². The molecule has 0 radical (unpaired) electrons. The van der Waals surface area contributed by atoms with E-state index in [9.17, 15) is 0 Å². The maximum absolute atomic E-state index is 4.92. The second-order valence-electron chi connectivity index (χ2n) is 2.69. The molecule has 2 heterocycles. The summed E-state index contributed by atoms with van der Waals surface area (Å²) in [5.41, 5.74) is 2.60. The van der Waals surface area contributed by atoms with Crippen LogP contribution in [0, 0.1) is 18.6 Å². The monoisotopic (exact) mass is 180 g/mol. The molecular weight excluding hydrogens is 172 g/mol. The Morgan fingerprint density at radius 1 is 1.17 bits per heavy atom. The predicted octanol–water partition coefficient (Wildman–Crippen LogP) is 1.63. The van der Waals surface area contributed by atoms with E-state index in [0.717, 1.165) is 17.0 Å². The summed E-state index contributed by atoms with van der Waals surface area (Å²) in [6.07, 6.45) is 0. The number of hydrogen-bond acceptors (Lipinski definition) is 3. The summed E-state index contributed by atoms with van der Waals surface area (Å²) in [6.45, 7) is 3.83. The second kappa shape index (κ2) is 2.38. The largest absolute Gasteiger partial charge is 0.339 e. The fourth-order valence-corrected chi connectivity index (χ4v) is 1.41. The molecule has 2 N–H and O–H groups in total. The Morgan fingerprint density at radius 3 is 2.67 bits per heavy atom. The van der Waals surface area contributed by atoms with Crippen molar-refractivity contribution in [2.24, 2.45) is 0 Å². The van der Waals surface area contributed by atoms with Crippen molar-refractivity contribution in [3.8, 4) is 0 Å². The molecule has 0 aliphatic rings. The molecule has 4 nitrogen and oxygen atoms in total. The minimum Gasteiger partial charge on any atom is -0.339 e. The van der Waals surface area contributed by atoms with Crippen LogP contribution in [-0.2, 0) is 0 Å². The molecule has 5 heteroatoms. The molecule has 0 unspecified atom stereocenters. The zero-order chi connectivity index (χ0) is 8.72. The van der Waals surface area contributed by atoms with E-state index < -0.39 is 0 Å². The molecule has 0 spiro atoms. The molecule has 0 aromatic carbocycles. The Bertz CT molecular complexity index is 482. The van der Waals surface area contributed by atoms with E-state index in [2.05, 4.69) is 19.9 Å². The van der Waals surface area contributed by atoms with Crippen molar-refractivity contribution in [1.29, 1.82) is 0 Å². The summed E-state index contributed by atoms with van der Waals surface area (Å²) in [5.74, 6) is 0.856. The van der Waals surface area contributed by atoms with Crippen LogP contribution < -0.4 is 0 Å². The number of H-pyrrole nitrogens is 2. The summed E-state index contributed by atoms with van der Waals surface area (Å²) >= 11 is 4.92. The first kappa shape index (κ1) is 7.42. The number of aryl methyl sites for hydroxylation is 2. The fourth-order valence-electron chi connectivity index (χ4n) is 1.17. The molecule has 0 aliphatic heterocycles. The van der Waals surface area contributed by atoms with Crippen LogP contribution in [0.1, 0.15) is 11.5 Å². The molecule has 0 fully saturated rings. The number of rotatable bonds is 0. The lowest BCUT2D eigenvalue weighted by atomic mass is 10.4. The van der Waals surface area contributed by atoms with Crippen LogP contribution in [0.2, 0.25) is 0 Å². The van der Waals surface area contributed by atoms with Crippen molar-refractivity contribution in [1.82, 2.24) is 19.9 Å². The molecular formula is C7H8N4S. The third-order valence-electron chi connectivity index (χ3n) is 1.68. The molecule has 12 heavy (non-hydrogen) atoms. The van der Waals surface area contributed by atoms with Gasteiger partial charge in [0.2, 0.25) is 0 Å². The molecule has 2 aromatic rings. The van der Waals surface area contributed by atoms with Crippen LogP contribution in [0.15, 0.2) is 0 Å². The molecule has 0 saturated carbocycles. The van der Waals surface area contributed by atoms with Gasteiger partial charge in [-0.3, -0.25) is 0 Å². The van der Waals surface area contributed by atoms with Gasteiger partial charge in [-0.15, -0.1) is 0 Å². The highest BCUT2D eigenvalue weighted by Crippen LogP contribution is 2.10. The molecule has 2 aromatic heterocycles. The number of nitrogens with zero attached hydrogens (tertiary/aromatic N) is 2. The maximum Gasteiger partial charge on any atom is 0.199 e. The van der Waals surface area contributed by atoms with Gasteiger partial charge in [0.05, 0.1) is 0 Å². The number of imidazole rings is 1. The van der Waals surface area contributed by atoms with E-state index in [1.54, 1.807) is 0 Å². The molecule has 0 amide bonds. The van der Waals surface area contributed by atoms with Crippen LogP contribution in [0.25, 0.3) is 11.2 Å². The summed E-state index contributed by atoms with van der Waals surface area (Å²) in [5, 5.41) is 0. The summed E-state index contributed by atoms with van der Waals surface area (Å²) in [4.78, 5) is 14.3. The van der Waals surface area contributed by atoms with Crippen molar-refractivity contribution >= 4 is 23.4 Å². The van der Waals surface area contributed by atoms with Crippen molar-refractivity contribution < 1.29 is 0 Å². The first-order chi connectivity index (χ1) is 5.66. The number of nitrogens with one attached hydrogen (secondary N) is 2. The lowest BCUT2D eigenvalue weighted by Crippen LogP contribution is -1.87. The molecule has 62 valence electrons. The average molecular weight is 180 g/mol. The zero-order valence-electron chi connectivity index (χ0n) is 6.80. The third-order valence-corrected chi connectivity index (χ3v) is 1.87. The first-order valence-corrected chi connectivity index (χ1v) is 4.01. The van der Waals surface area contributed by atoms with Gasteiger partial charge in [-0.1, -0.05) is 0 Å². The summed E-state index contributed by atoms with van der Waals surface area (Å²) in [7, 11) is 0. The molecule has 0 bridgehead atoms. The standard InChI is InChI=1S/C7H8N4S/c1-3-5-6(10-4(2)9-5)11-7(12)8-3/h1-2H3,(H2,8,9,10,11,12). The van der Waals surface area contributed by atoms with Gasteiger partial charge < -0.3 is 9.97 Å². The molecule has 0 aliphatic carbocycles. The van der Waals surface area contributed by atoms with Gasteiger partial charge >= 0.3 is 0 Å². The van der Waals surface area contributed by atoms with Crippen LogP contribution in [0.5, 0.6) is 0 Å². The van der Waals surface area contributed by atoms with Crippen molar-refractivity contribution in [2.75, 3.05) is 0 Å². The van der Waals surface area contributed by atoms with E-state index in [-0.39, 0.29) is 0 Å². The minimum absolute atomic E-state index is 0.478. The minimum atomic E-state index is 0.478. The van der Waals surface area contributed by atoms with E-state index in [1.807, 2.05) is 13.8 Å². The van der Waals surface area contributed by atoms with Gasteiger partial charge in [-0.25, -0.2) is 4.98 Å². The Morgan fingerprint density at radius 2 is 1.92 bits per heavy atom. The van der Waals surface area contributed by atoms with Gasteiger partial charge in [-0.2, -0.15) is 4.98 Å². The first-order valence-electron chi connectivity index (χ1n) is 3.60. The van der Waals surface area contributed by atoms with E-state index in [0.29, 0.717) is 10.4 Å². The van der Waals surface area contributed by atoms with Gasteiger partial charge in [0, 0.05) is 5.69 Å². The average Bonchev–Trinajstić information content (AvgIpc) is 2.29. The maximum atomic E-state index is 4.92. The SMILES string of the molecule is Cc1nc2nc(=S)[nH]c(C)c2[nH]1. The lowest BCUT2D eigenvalue weighted by molar-refractivity contribution is 1.11. The number of aromatic amines is 2. The fraction of sp³-hybridized carbons (Fsp3) is 0.286. The van der Waals surface area contributed by atoms with Crippen LogP contribution >= 0.6 is 12.2 Å². The predicted molar refractivity (Wildman–Crippen MR) is 48.5 cm³/mol. The lowest BCUT2D eigenvalue weighted by Gasteiger charge is -1.92. The second-order valence-corrected chi connectivity index (χ2v) is 3.07. The number of aromatic nitrogens is 4. The van der Waals surface area contributed by atoms with Crippen LogP contribution in [-0.4, -0.2) is 19.9 Å². The third kappa shape index (κ3) is 1.02. The van der Waals surface area contributed by atoms with E-state index in [1.165, 1.54) is 0 Å². The molecule has 0 atom stereocenters. The zero-order valence-corrected chi connectivity index (χ0v) is 7.62. The van der Waals surface area contributed by atoms with Crippen molar-refractivity contribution in [3.05, 3.63) is 16.3 Å². The van der Waals surface area contributed by atoms with Gasteiger partial charge in [-0.05, 0) is 26.1 Å². The van der Waals surface area contributed by atoms with Gasteiger partial charge in [0.25, 0.3) is 0 Å².